The van der Waals surface area contributed by atoms with Gasteiger partial charge in [0, 0.05) is 6.42 Å². The summed E-state index contributed by atoms with van der Waals surface area (Å²) in [6.45, 7) is 5.78. The number of esters is 1. The Kier molecular flexibility index (Phi) is 61.6. The standard InChI is InChI=1S/C78H141NO10/c1-4-7-10-13-16-19-22-24-26-28-30-32-34-35-36-38-39-41-43-45-47-50-53-56-59-62-65-71(82)77(86)79-69(70(81)64-61-58-55-52-49-21-18-15-12-9-6-3)68-87-78-76(75(85)74(84)72(67-80)88-78)89-73(83)66-63-60-57-54-51-48-46-44-42-40-37-33-31-29-27-25-23-20-17-14-11-8-5-2/h16-17,19-20,24-27,30,32,61,64,69-72,74-76,78,80-82,84-85H,4-15,18,21-23,28-29,31,33-60,62-63,65-68H2,1-3H3,(H,79,86)/b19-16-,20-17-,26-24-,27-25-,32-30-,64-61+. The van der Waals surface area contributed by atoms with Crippen LogP contribution in [0.2, 0.25) is 0 Å². The topological polar surface area (TPSA) is 175 Å². The zero-order valence-electron chi connectivity index (χ0n) is 57.8. The first-order valence-corrected chi connectivity index (χ1v) is 37.7. The molecule has 0 aromatic carbocycles. The summed E-state index contributed by atoms with van der Waals surface area (Å²) < 4.78 is 17.7. The van der Waals surface area contributed by atoms with Crippen LogP contribution in [0.5, 0.6) is 0 Å². The Labute approximate surface area is 547 Å². The van der Waals surface area contributed by atoms with Crippen molar-refractivity contribution in [1.29, 1.82) is 0 Å². The molecule has 8 unspecified atom stereocenters. The van der Waals surface area contributed by atoms with Crippen molar-refractivity contribution in [3.63, 3.8) is 0 Å². The van der Waals surface area contributed by atoms with E-state index in [0.29, 0.717) is 12.8 Å². The number of ether oxygens (including phenoxy) is 3. The van der Waals surface area contributed by atoms with Crippen molar-refractivity contribution in [1.82, 2.24) is 5.32 Å². The number of nitrogens with one attached hydrogen (secondary N) is 1. The first-order chi connectivity index (χ1) is 43.7. The predicted octanol–water partition coefficient (Wildman–Crippen LogP) is 19.9. The summed E-state index contributed by atoms with van der Waals surface area (Å²) >= 11 is 0. The number of rotatable bonds is 65. The minimum atomic E-state index is -1.62. The van der Waals surface area contributed by atoms with E-state index < -0.39 is 67.4 Å². The molecule has 11 nitrogen and oxygen atoms in total. The second-order valence-electron chi connectivity index (χ2n) is 26.0. The Morgan fingerprint density at radius 3 is 1.18 bits per heavy atom. The van der Waals surface area contributed by atoms with Crippen molar-refractivity contribution in [2.75, 3.05) is 13.2 Å². The molecule has 1 rings (SSSR count). The molecule has 1 saturated heterocycles. The molecule has 1 heterocycles. The Morgan fingerprint density at radius 1 is 0.438 bits per heavy atom. The number of unbranched alkanes of at least 4 members (excludes halogenated alkanes) is 41. The van der Waals surface area contributed by atoms with E-state index in [9.17, 15) is 35.1 Å². The molecular formula is C78H141NO10. The van der Waals surface area contributed by atoms with Gasteiger partial charge in [-0.3, -0.25) is 9.59 Å². The van der Waals surface area contributed by atoms with Crippen molar-refractivity contribution < 1.29 is 49.3 Å². The minimum absolute atomic E-state index is 0.123. The number of allylic oxidation sites excluding steroid dienone is 11. The second-order valence-corrected chi connectivity index (χ2v) is 26.0. The number of hydrogen-bond donors (Lipinski definition) is 6. The SMILES string of the molecule is CCCCC/C=C\C/C=C\C/C=C\CCCCCCCCCCCCCCCC(O)C(=O)NC(COC1OC(CO)C(O)C(O)C1OC(=O)CCCCCCCCCCCCCCC/C=C\C/C=C\CCCCC)C(O)/C=C/CCCCCCCCCCC. The van der Waals surface area contributed by atoms with Crippen LogP contribution < -0.4 is 5.32 Å². The highest BCUT2D eigenvalue weighted by Crippen LogP contribution is 2.26. The molecule has 11 heteroatoms. The summed E-state index contributed by atoms with van der Waals surface area (Å²) in [4.78, 5) is 26.7. The third-order valence-corrected chi connectivity index (χ3v) is 17.6. The lowest BCUT2D eigenvalue weighted by Gasteiger charge is -2.41. The van der Waals surface area contributed by atoms with Crippen LogP contribution in [-0.2, 0) is 23.8 Å². The van der Waals surface area contributed by atoms with Gasteiger partial charge >= 0.3 is 5.97 Å². The Balaban J connectivity index is 2.51. The molecular weight excluding hydrogens is 1110 g/mol. The highest BCUT2D eigenvalue weighted by atomic mass is 16.7. The van der Waals surface area contributed by atoms with E-state index in [4.69, 9.17) is 14.2 Å². The zero-order chi connectivity index (χ0) is 64.6. The maximum absolute atomic E-state index is 13.5. The fraction of sp³-hybridized carbons (Fsp3) is 0.821. The average Bonchev–Trinajstić information content (AvgIpc) is 2.45. The Hall–Kier alpha value is -2.90. The normalized spacial score (nSPS) is 18.5. The first-order valence-electron chi connectivity index (χ1n) is 37.7. The van der Waals surface area contributed by atoms with Crippen molar-refractivity contribution in [3.8, 4) is 0 Å². The van der Waals surface area contributed by atoms with Crippen LogP contribution in [-0.4, -0.2) is 99.6 Å². The number of carbonyl (C=O) groups excluding carboxylic acids is 2. The van der Waals surface area contributed by atoms with Crippen LogP contribution >= 0.6 is 0 Å². The molecule has 89 heavy (non-hydrogen) atoms. The van der Waals surface area contributed by atoms with Crippen LogP contribution in [0.15, 0.2) is 72.9 Å². The molecule has 0 aromatic heterocycles. The third-order valence-electron chi connectivity index (χ3n) is 17.6. The lowest BCUT2D eigenvalue weighted by atomic mass is 9.99. The summed E-state index contributed by atoms with van der Waals surface area (Å²) in [6, 6.07) is -1.03. The van der Waals surface area contributed by atoms with Gasteiger partial charge in [-0.2, -0.15) is 0 Å². The van der Waals surface area contributed by atoms with Gasteiger partial charge in [0.2, 0.25) is 5.91 Å². The van der Waals surface area contributed by atoms with Gasteiger partial charge in [0.1, 0.15) is 24.4 Å². The van der Waals surface area contributed by atoms with Gasteiger partial charge < -0.3 is 45.1 Å². The van der Waals surface area contributed by atoms with Crippen molar-refractivity contribution in [3.05, 3.63) is 72.9 Å². The predicted molar refractivity (Wildman–Crippen MR) is 375 cm³/mol. The molecule has 0 spiro atoms. The van der Waals surface area contributed by atoms with E-state index in [-0.39, 0.29) is 19.4 Å². The van der Waals surface area contributed by atoms with Crippen LogP contribution in [0.4, 0.5) is 0 Å². The molecule has 1 aliphatic heterocycles. The number of aliphatic hydroxyl groups is 5. The van der Waals surface area contributed by atoms with Gasteiger partial charge in [-0.15, -0.1) is 0 Å². The van der Waals surface area contributed by atoms with Crippen molar-refractivity contribution in [2.45, 2.75) is 397 Å². The van der Waals surface area contributed by atoms with E-state index in [1.165, 1.54) is 225 Å². The fourth-order valence-corrected chi connectivity index (χ4v) is 11.6. The van der Waals surface area contributed by atoms with Gasteiger partial charge in [0.15, 0.2) is 12.4 Å². The van der Waals surface area contributed by atoms with Crippen molar-refractivity contribution >= 4 is 11.9 Å². The summed E-state index contributed by atoms with van der Waals surface area (Å²) in [5.41, 5.74) is 0. The Morgan fingerprint density at radius 2 is 0.775 bits per heavy atom. The molecule has 0 aromatic rings. The van der Waals surface area contributed by atoms with Gasteiger partial charge in [-0.25, -0.2) is 0 Å². The number of hydrogen-bond acceptors (Lipinski definition) is 10. The molecule has 0 aliphatic carbocycles. The van der Waals surface area contributed by atoms with Crippen molar-refractivity contribution in [2.24, 2.45) is 0 Å². The van der Waals surface area contributed by atoms with Gasteiger partial charge in [-0.05, 0) is 96.3 Å². The van der Waals surface area contributed by atoms with Crippen LogP contribution in [0.1, 0.15) is 348 Å². The summed E-state index contributed by atoms with van der Waals surface area (Å²) in [5.74, 6) is -1.19. The summed E-state index contributed by atoms with van der Waals surface area (Å²) in [6.07, 6.45) is 75.2. The number of aliphatic hydroxyl groups excluding tert-OH is 5. The second kappa shape index (κ2) is 65.2. The molecule has 0 bridgehead atoms. The lowest BCUT2D eigenvalue weighted by Crippen LogP contribution is -2.61. The first kappa shape index (κ1) is 84.1. The third kappa shape index (κ3) is 52.2. The van der Waals surface area contributed by atoms with Gasteiger partial charge in [-0.1, -0.05) is 318 Å². The van der Waals surface area contributed by atoms with E-state index >= 15 is 0 Å². The molecule has 1 amide bonds. The number of amides is 1. The molecule has 0 saturated carbocycles. The van der Waals surface area contributed by atoms with E-state index in [1.54, 1.807) is 6.08 Å². The highest BCUT2D eigenvalue weighted by Gasteiger charge is 2.47. The Bertz CT molecular complexity index is 1730. The molecule has 0 radical (unpaired) electrons. The molecule has 518 valence electrons. The molecule has 1 aliphatic rings. The molecule has 8 atom stereocenters. The maximum atomic E-state index is 13.5. The van der Waals surface area contributed by atoms with E-state index in [2.05, 4.69) is 86.8 Å². The molecule has 6 N–H and O–H groups in total. The van der Waals surface area contributed by atoms with Gasteiger partial charge in [0.05, 0.1) is 25.4 Å². The van der Waals surface area contributed by atoms with E-state index in [1.807, 2.05) is 6.08 Å². The zero-order valence-corrected chi connectivity index (χ0v) is 57.8. The van der Waals surface area contributed by atoms with E-state index in [0.717, 1.165) is 77.0 Å². The smallest absolute Gasteiger partial charge is 0.306 e. The largest absolute Gasteiger partial charge is 0.454 e. The van der Waals surface area contributed by atoms with Crippen LogP contribution in [0.3, 0.4) is 0 Å². The average molecular weight is 1250 g/mol. The maximum Gasteiger partial charge on any atom is 0.306 e. The minimum Gasteiger partial charge on any atom is -0.454 e. The fourth-order valence-electron chi connectivity index (χ4n) is 11.6. The summed E-state index contributed by atoms with van der Waals surface area (Å²) in [7, 11) is 0. The lowest BCUT2D eigenvalue weighted by molar-refractivity contribution is -0.305. The summed E-state index contributed by atoms with van der Waals surface area (Å²) in [5, 5.41) is 57.3. The highest BCUT2D eigenvalue weighted by molar-refractivity contribution is 5.80. The number of carbonyl (C=O) groups is 2. The van der Waals surface area contributed by atoms with Gasteiger partial charge in [0.25, 0.3) is 0 Å². The molecule has 1 fully saturated rings. The van der Waals surface area contributed by atoms with Crippen LogP contribution in [0, 0.1) is 0 Å². The monoisotopic (exact) mass is 1250 g/mol. The quantitative estimate of drug-likeness (QED) is 0.0195. The van der Waals surface area contributed by atoms with Crippen LogP contribution in [0.25, 0.3) is 0 Å².